The number of ether oxygens (including phenoxy) is 1. The van der Waals surface area contributed by atoms with E-state index in [1.807, 2.05) is 31.3 Å². The maximum atomic E-state index is 6.14. The van der Waals surface area contributed by atoms with Crippen LogP contribution in [0.15, 0.2) is 30.1 Å². The first-order valence-corrected chi connectivity index (χ1v) is 7.15. The van der Waals surface area contributed by atoms with Crippen LogP contribution >= 0.6 is 11.6 Å². The van der Waals surface area contributed by atoms with Crippen LogP contribution in [0.4, 0.5) is 0 Å². The minimum atomic E-state index is -0.0124. The summed E-state index contributed by atoms with van der Waals surface area (Å²) in [4.78, 5) is 3.27. The second-order valence-electron chi connectivity index (χ2n) is 6.35. The Morgan fingerprint density at radius 1 is 1.25 bits per heavy atom. The highest BCUT2D eigenvalue weighted by Crippen LogP contribution is 2.36. The van der Waals surface area contributed by atoms with Gasteiger partial charge >= 0.3 is 0 Å². The molecule has 106 valence electrons. The number of benzene rings is 1. The lowest BCUT2D eigenvalue weighted by molar-refractivity contribution is 0.0613. The van der Waals surface area contributed by atoms with Crippen LogP contribution in [0.1, 0.15) is 33.3 Å². The Bertz CT molecular complexity index is 694. The number of aromatic amines is 1. The lowest BCUT2D eigenvalue weighted by Gasteiger charge is -2.27. The molecule has 1 aromatic heterocycles. The summed E-state index contributed by atoms with van der Waals surface area (Å²) >= 11 is 6.11. The topological polar surface area (TPSA) is 37.0 Å². The molecule has 1 atom stereocenters. The Morgan fingerprint density at radius 2 is 2.00 bits per heavy atom. The minimum Gasteiger partial charge on any atom is -0.468 e. The summed E-state index contributed by atoms with van der Waals surface area (Å²) in [6.45, 7) is 8.53. The van der Waals surface area contributed by atoms with Crippen LogP contribution in [0.2, 0.25) is 5.02 Å². The fourth-order valence-corrected chi connectivity index (χ4v) is 2.61. The van der Waals surface area contributed by atoms with E-state index in [0.29, 0.717) is 0 Å². The molecule has 1 aliphatic rings. The molecule has 1 aromatic carbocycles. The highest BCUT2D eigenvalue weighted by molar-refractivity contribution is 6.31. The average Bonchev–Trinajstić information content (AvgIpc) is 2.91. The van der Waals surface area contributed by atoms with E-state index in [-0.39, 0.29) is 11.6 Å². The molecule has 0 bridgehead atoms. The molecule has 1 aliphatic heterocycles. The molecule has 0 radical (unpaired) electrons. The summed E-state index contributed by atoms with van der Waals surface area (Å²) in [6, 6.07) is 5.84. The summed E-state index contributed by atoms with van der Waals surface area (Å²) in [6.07, 6.45) is 1.97. The van der Waals surface area contributed by atoms with Crippen molar-refractivity contribution in [1.29, 1.82) is 0 Å². The van der Waals surface area contributed by atoms with Crippen molar-refractivity contribution < 1.29 is 4.74 Å². The molecule has 0 fully saturated rings. The van der Waals surface area contributed by atoms with E-state index >= 15 is 0 Å². The molecule has 3 rings (SSSR count). The Hall–Kier alpha value is -1.61. The van der Waals surface area contributed by atoms with E-state index in [1.54, 1.807) is 0 Å². The third kappa shape index (κ3) is 2.16. The molecule has 20 heavy (non-hydrogen) atoms. The van der Waals surface area contributed by atoms with Crippen molar-refractivity contribution in [2.75, 3.05) is 0 Å². The Balaban J connectivity index is 2.04. The van der Waals surface area contributed by atoms with Crippen molar-refractivity contribution in [3.63, 3.8) is 0 Å². The van der Waals surface area contributed by atoms with Crippen molar-refractivity contribution in [1.82, 2.24) is 10.3 Å². The maximum Gasteiger partial charge on any atom is 0.174 e. The zero-order valence-electron chi connectivity index (χ0n) is 12.2. The number of halogens is 1. The van der Waals surface area contributed by atoms with Gasteiger partial charge in [-0.2, -0.15) is 0 Å². The zero-order chi connectivity index (χ0) is 14.5. The summed E-state index contributed by atoms with van der Waals surface area (Å²) in [5, 5.41) is 5.24. The molecule has 0 amide bonds. The van der Waals surface area contributed by atoms with Gasteiger partial charge < -0.3 is 15.0 Å². The molecule has 0 saturated heterocycles. The van der Waals surface area contributed by atoms with E-state index in [1.165, 1.54) is 0 Å². The smallest absolute Gasteiger partial charge is 0.174 e. The molecule has 2 N–H and O–H groups in total. The fourth-order valence-electron chi connectivity index (χ4n) is 2.44. The summed E-state index contributed by atoms with van der Waals surface area (Å²) in [7, 11) is 0. The number of nitrogens with one attached hydrogen (secondary N) is 2. The van der Waals surface area contributed by atoms with Crippen LogP contribution < -0.4 is 5.32 Å². The second-order valence-corrected chi connectivity index (χ2v) is 6.79. The lowest BCUT2D eigenvalue weighted by Crippen LogP contribution is -2.36. The van der Waals surface area contributed by atoms with Crippen LogP contribution in [-0.4, -0.2) is 11.2 Å². The van der Waals surface area contributed by atoms with Crippen LogP contribution in [-0.2, 0) is 4.74 Å². The van der Waals surface area contributed by atoms with Crippen molar-refractivity contribution in [2.45, 2.75) is 33.9 Å². The minimum absolute atomic E-state index is 0.0124. The third-order valence-electron chi connectivity index (χ3n) is 3.60. The number of rotatable bonds is 1. The first-order chi connectivity index (χ1) is 9.36. The average molecular weight is 291 g/mol. The molecule has 0 spiro atoms. The van der Waals surface area contributed by atoms with E-state index in [4.69, 9.17) is 16.3 Å². The largest absolute Gasteiger partial charge is 0.468 e. The molecule has 3 nitrogen and oxygen atoms in total. The van der Waals surface area contributed by atoms with Crippen molar-refractivity contribution in [2.24, 2.45) is 5.41 Å². The van der Waals surface area contributed by atoms with Crippen LogP contribution in [0.3, 0.4) is 0 Å². The first kappa shape index (κ1) is 13.4. The van der Waals surface area contributed by atoms with Crippen molar-refractivity contribution in [3.05, 3.63) is 40.7 Å². The second kappa shape index (κ2) is 4.45. The van der Waals surface area contributed by atoms with E-state index < -0.39 is 0 Å². The Morgan fingerprint density at radius 3 is 2.65 bits per heavy atom. The van der Waals surface area contributed by atoms with E-state index in [2.05, 4.69) is 31.1 Å². The monoisotopic (exact) mass is 290 g/mol. The Kier molecular flexibility index (Phi) is 2.98. The first-order valence-electron chi connectivity index (χ1n) is 6.77. The third-order valence-corrected chi connectivity index (χ3v) is 3.83. The Labute approximate surface area is 124 Å². The van der Waals surface area contributed by atoms with Crippen molar-refractivity contribution in [3.8, 4) is 0 Å². The summed E-state index contributed by atoms with van der Waals surface area (Å²) in [5.74, 6) is 0.901. The van der Waals surface area contributed by atoms with Gasteiger partial charge in [-0.25, -0.2) is 0 Å². The zero-order valence-corrected chi connectivity index (χ0v) is 12.9. The van der Waals surface area contributed by atoms with Gasteiger partial charge in [-0.3, -0.25) is 0 Å². The van der Waals surface area contributed by atoms with Gasteiger partial charge in [0.15, 0.2) is 6.23 Å². The highest BCUT2D eigenvalue weighted by atomic mass is 35.5. The molecular formula is C16H19ClN2O. The maximum absolute atomic E-state index is 6.14. The van der Waals surface area contributed by atoms with Gasteiger partial charge in [0.2, 0.25) is 0 Å². The number of hydrogen-bond donors (Lipinski definition) is 2. The lowest BCUT2D eigenvalue weighted by atomic mass is 9.94. The van der Waals surface area contributed by atoms with Gasteiger partial charge in [-0.05, 0) is 25.1 Å². The molecule has 4 heteroatoms. The van der Waals surface area contributed by atoms with Gasteiger partial charge in [0, 0.05) is 33.1 Å². The summed E-state index contributed by atoms with van der Waals surface area (Å²) in [5.41, 5.74) is 3.21. The highest BCUT2D eigenvalue weighted by Gasteiger charge is 2.33. The predicted octanol–water partition coefficient (Wildman–Crippen LogP) is 4.50. The molecular weight excluding hydrogens is 272 g/mol. The normalized spacial score (nSPS) is 19.4. The predicted molar refractivity (Wildman–Crippen MR) is 83.4 cm³/mol. The van der Waals surface area contributed by atoms with Crippen LogP contribution in [0.5, 0.6) is 0 Å². The summed E-state index contributed by atoms with van der Waals surface area (Å²) < 4.78 is 6.14. The van der Waals surface area contributed by atoms with Gasteiger partial charge in [0.1, 0.15) is 5.76 Å². The van der Waals surface area contributed by atoms with Gasteiger partial charge in [-0.1, -0.05) is 32.4 Å². The van der Waals surface area contributed by atoms with E-state index in [9.17, 15) is 0 Å². The van der Waals surface area contributed by atoms with E-state index in [0.717, 1.165) is 32.9 Å². The molecule has 0 aliphatic carbocycles. The number of aromatic nitrogens is 1. The van der Waals surface area contributed by atoms with Crippen LogP contribution in [0.25, 0.3) is 16.7 Å². The van der Waals surface area contributed by atoms with Crippen molar-refractivity contribution >= 4 is 28.3 Å². The quantitative estimate of drug-likeness (QED) is 0.811. The number of fused-ring (bicyclic) bond motifs is 1. The number of H-pyrrole nitrogens is 1. The number of hydrogen-bond acceptors (Lipinski definition) is 2. The molecule has 0 saturated carbocycles. The standard InChI is InChI=1S/C16H19ClN2O/c1-9-14(20-15(19-9)16(2,3)4)12-8-18-13-6-5-10(17)7-11(12)13/h5-8,15,18-19H,1-4H3. The van der Waals surface area contributed by atoms with Crippen LogP contribution in [0, 0.1) is 5.41 Å². The SMILES string of the molecule is CC1=C(c2c[nH]c3ccc(Cl)cc23)OC(C(C)(C)C)N1. The van der Waals surface area contributed by atoms with Gasteiger partial charge in [0.25, 0.3) is 0 Å². The molecule has 1 unspecified atom stereocenters. The fraction of sp³-hybridized carbons (Fsp3) is 0.375. The van der Waals surface area contributed by atoms with Gasteiger partial charge in [0.05, 0.1) is 5.70 Å². The van der Waals surface area contributed by atoms with Gasteiger partial charge in [-0.15, -0.1) is 0 Å². The molecule has 2 aromatic rings. The molecule has 2 heterocycles. The number of allylic oxidation sites excluding steroid dienone is 1.